The lowest BCUT2D eigenvalue weighted by Gasteiger charge is -2.15. The first-order valence-corrected chi connectivity index (χ1v) is 5.58. The van der Waals surface area contributed by atoms with Gasteiger partial charge in [-0.15, -0.1) is 0 Å². The van der Waals surface area contributed by atoms with Gasteiger partial charge >= 0.3 is 0 Å². The highest BCUT2D eigenvalue weighted by Crippen LogP contribution is 2.13. The zero-order valence-electron chi connectivity index (χ0n) is 9.15. The minimum absolute atomic E-state index is 0.326. The standard InChI is InChI=1S/C12H18N2O/c1-10(12-4-2-3-6-13-12)14-8-11-5-7-15-9-11/h2-4,6,10-11,14H,5,7-9H2,1H3/t10-,11?/m1/s1. The molecule has 1 aliphatic rings. The molecule has 2 atom stereocenters. The van der Waals surface area contributed by atoms with E-state index in [-0.39, 0.29) is 0 Å². The Morgan fingerprint density at radius 3 is 3.20 bits per heavy atom. The number of hydrogen-bond donors (Lipinski definition) is 1. The van der Waals surface area contributed by atoms with E-state index in [2.05, 4.69) is 23.3 Å². The third kappa shape index (κ3) is 3.01. The molecule has 3 heteroatoms. The van der Waals surface area contributed by atoms with Gasteiger partial charge in [0.15, 0.2) is 0 Å². The van der Waals surface area contributed by atoms with Gasteiger partial charge in [0.1, 0.15) is 0 Å². The van der Waals surface area contributed by atoms with Gasteiger partial charge in [0, 0.05) is 25.4 Å². The number of aromatic nitrogens is 1. The number of rotatable bonds is 4. The molecule has 1 aromatic heterocycles. The van der Waals surface area contributed by atoms with Crippen LogP contribution in [0.25, 0.3) is 0 Å². The van der Waals surface area contributed by atoms with Crippen LogP contribution in [0.5, 0.6) is 0 Å². The maximum Gasteiger partial charge on any atom is 0.0570 e. The molecule has 1 unspecified atom stereocenters. The quantitative estimate of drug-likeness (QED) is 0.815. The number of pyridine rings is 1. The Kier molecular flexibility index (Phi) is 3.69. The molecule has 2 rings (SSSR count). The summed E-state index contributed by atoms with van der Waals surface area (Å²) in [6.07, 6.45) is 3.02. The molecule has 2 heterocycles. The predicted molar refractivity (Wildman–Crippen MR) is 59.6 cm³/mol. The fourth-order valence-electron chi connectivity index (χ4n) is 1.82. The summed E-state index contributed by atoms with van der Waals surface area (Å²) in [5.41, 5.74) is 1.11. The highest BCUT2D eigenvalue weighted by Gasteiger charge is 2.16. The van der Waals surface area contributed by atoms with Crippen LogP contribution in [-0.4, -0.2) is 24.7 Å². The van der Waals surface area contributed by atoms with Crippen molar-refractivity contribution in [3.8, 4) is 0 Å². The summed E-state index contributed by atoms with van der Waals surface area (Å²) in [6.45, 7) is 5.00. The molecule has 1 aromatic rings. The Labute approximate surface area is 90.9 Å². The van der Waals surface area contributed by atoms with Crippen molar-refractivity contribution >= 4 is 0 Å². The summed E-state index contributed by atoms with van der Waals surface area (Å²) in [6, 6.07) is 6.36. The molecule has 0 bridgehead atoms. The first-order valence-electron chi connectivity index (χ1n) is 5.58. The Balaban J connectivity index is 1.79. The van der Waals surface area contributed by atoms with Crippen molar-refractivity contribution in [1.82, 2.24) is 10.3 Å². The van der Waals surface area contributed by atoms with Crippen LogP contribution in [-0.2, 0) is 4.74 Å². The average Bonchev–Trinajstić information content (AvgIpc) is 2.80. The van der Waals surface area contributed by atoms with E-state index in [1.807, 2.05) is 18.3 Å². The maximum atomic E-state index is 5.34. The first-order chi connectivity index (χ1) is 7.36. The van der Waals surface area contributed by atoms with Crippen molar-refractivity contribution in [3.63, 3.8) is 0 Å². The lowest BCUT2D eigenvalue weighted by Crippen LogP contribution is -2.26. The molecule has 0 aromatic carbocycles. The van der Waals surface area contributed by atoms with Gasteiger partial charge in [0.05, 0.1) is 12.3 Å². The molecular weight excluding hydrogens is 188 g/mol. The van der Waals surface area contributed by atoms with Gasteiger partial charge in [-0.25, -0.2) is 0 Å². The Morgan fingerprint density at radius 1 is 1.60 bits per heavy atom. The molecule has 1 saturated heterocycles. The second-order valence-corrected chi connectivity index (χ2v) is 4.11. The van der Waals surface area contributed by atoms with E-state index in [4.69, 9.17) is 4.74 Å². The molecular formula is C12H18N2O. The molecule has 0 aliphatic carbocycles. The number of nitrogens with one attached hydrogen (secondary N) is 1. The number of hydrogen-bond acceptors (Lipinski definition) is 3. The minimum Gasteiger partial charge on any atom is -0.381 e. The van der Waals surface area contributed by atoms with Gasteiger partial charge in [-0.2, -0.15) is 0 Å². The van der Waals surface area contributed by atoms with E-state index in [1.54, 1.807) is 0 Å². The van der Waals surface area contributed by atoms with Gasteiger partial charge in [-0.1, -0.05) is 6.07 Å². The Hall–Kier alpha value is -0.930. The Bertz CT molecular complexity index is 283. The van der Waals surface area contributed by atoms with E-state index in [9.17, 15) is 0 Å². The highest BCUT2D eigenvalue weighted by atomic mass is 16.5. The molecule has 3 nitrogen and oxygen atoms in total. The molecule has 0 spiro atoms. The average molecular weight is 206 g/mol. The van der Waals surface area contributed by atoms with Crippen molar-refractivity contribution in [1.29, 1.82) is 0 Å². The highest BCUT2D eigenvalue weighted by molar-refractivity contribution is 5.07. The predicted octanol–water partition coefficient (Wildman–Crippen LogP) is 1.77. The van der Waals surface area contributed by atoms with Crippen LogP contribution in [0.2, 0.25) is 0 Å². The lowest BCUT2D eigenvalue weighted by atomic mass is 10.1. The van der Waals surface area contributed by atoms with Gasteiger partial charge in [-0.05, 0) is 31.4 Å². The van der Waals surface area contributed by atoms with Crippen LogP contribution in [0, 0.1) is 5.92 Å². The molecule has 82 valence electrons. The molecule has 0 radical (unpaired) electrons. The summed E-state index contributed by atoms with van der Waals surface area (Å²) < 4.78 is 5.34. The summed E-state index contributed by atoms with van der Waals surface area (Å²) in [5.74, 6) is 0.677. The zero-order chi connectivity index (χ0) is 10.5. The zero-order valence-corrected chi connectivity index (χ0v) is 9.15. The van der Waals surface area contributed by atoms with E-state index in [0.717, 1.165) is 25.5 Å². The lowest BCUT2D eigenvalue weighted by molar-refractivity contribution is 0.184. The third-order valence-electron chi connectivity index (χ3n) is 2.87. The SMILES string of the molecule is C[C@@H](NCC1CCOC1)c1ccccn1. The molecule has 0 saturated carbocycles. The monoisotopic (exact) mass is 206 g/mol. The van der Waals surface area contributed by atoms with Crippen molar-refractivity contribution in [2.75, 3.05) is 19.8 Å². The largest absolute Gasteiger partial charge is 0.381 e. The van der Waals surface area contributed by atoms with Gasteiger partial charge in [-0.3, -0.25) is 4.98 Å². The van der Waals surface area contributed by atoms with Crippen molar-refractivity contribution < 1.29 is 4.74 Å². The molecule has 1 aliphatic heterocycles. The normalized spacial score (nSPS) is 22.9. The third-order valence-corrected chi connectivity index (χ3v) is 2.87. The van der Waals surface area contributed by atoms with E-state index >= 15 is 0 Å². The van der Waals surface area contributed by atoms with Crippen LogP contribution in [0.4, 0.5) is 0 Å². The van der Waals surface area contributed by atoms with Crippen LogP contribution in [0.1, 0.15) is 25.1 Å². The van der Waals surface area contributed by atoms with Gasteiger partial charge in [0.25, 0.3) is 0 Å². The van der Waals surface area contributed by atoms with Crippen LogP contribution >= 0.6 is 0 Å². The molecule has 1 fully saturated rings. The minimum atomic E-state index is 0.326. The fourth-order valence-corrected chi connectivity index (χ4v) is 1.82. The summed E-state index contributed by atoms with van der Waals surface area (Å²) in [7, 11) is 0. The maximum absolute atomic E-state index is 5.34. The molecule has 1 N–H and O–H groups in total. The fraction of sp³-hybridized carbons (Fsp3) is 0.583. The second kappa shape index (κ2) is 5.24. The van der Waals surface area contributed by atoms with E-state index < -0.39 is 0 Å². The van der Waals surface area contributed by atoms with E-state index in [0.29, 0.717) is 12.0 Å². The molecule has 0 amide bonds. The Morgan fingerprint density at radius 2 is 2.53 bits per heavy atom. The van der Waals surface area contributed by atoms with E-state index in [1.165, 1.54) is 6.42 Å². The van der Waals surface area contributed by atoms with Crippen molar-refractivity contribution in [3.05, 3.63) is 30.1 Å². The first kappa shape index (κ1) is 10.6. The summed E-state index contributed by atoms with van der Waals surface area (Å²) in [4.78, 5) is 4.33. The van der Waals surface area contributed by atoms with Crippen LogP contribution in [0.3, 0.4) is 0 Å². The second-order valence-electron chi connectivity index (χ2n) is 4.11. The topological polar surface area (TPSA) is 34.1 Å². The van der Waals surface area contributed by atoms with Crippen LogP contribution < -0.4 is 5.32 Å². The summed E-state index contributed by atoms with van der Waals surface area (Å²) in [5, 5.41) is 3.50. The summed E-state index contributed by atoms with van der Waals surface area (Å²) >= 11 is 0. The van der Waals surface area contributed by atoms with Crippen LogP contribution in [0.15, 0.2) is 24.4 Å². The van der Waals surface area contributed by atoms with Gasteiger partial charge in [0.2, 0.25) is 0 Å². The number of ether oxygens (including phenoxy) is 1. The van der Waals surface area contributed by atoms with Crippen molar-refractivity contribution in [2.45, 2.75) is 19.4 Å². The smallest absolute Gasteiger partial charge is 0.0570 e. The number of nitrogens with zero attached hydrogens (tertiary/aromatic N) is 1. The van der Waals surface area contributed by atoms with Gasteiger partial charge < -0.3 is 10.1 Å². The van der Waals surface area contributed by atoms with Crippen molar-refractivity contribution in [2.24, 2.45) is 5.92 Å². The molecule has 15 heavy (non-hydrogen) atoms.